The summed E-state index contributed by atoms with van der Waals surface area (Å²) in [7, 11) is 1.23. The number of phenolic OH excluding ortho intramolecular Hbond substituents is 2. The molecule has 246 valence electrons. The SMILES string of the molecule is CC(C)(C)OC(=O)N[C@@H](Cc1ccc(O)cc1Cl)C(N)=O.COC(=O)[C@H](Cc1ccc(O)cc1Cl)NC(=O)OC(C)(C)C.N. The number of rotatable bonds is 8. The maximum absolute atomic E-state index is 11.8. The lowest BCUT2D eigenvalue weighted by Gasteiger charge is -2.22. The van der Waals surface area contributed by atoms with Gasteiger partial charge >= 0.3 is 18.2 Å². The molecule has 2 rings (SSSR count). The van der Waals surface area contributed by atoms with Crippen LogP contribution >= 0.6 is 23.2 Å². The number of carbonyl (C=O) groups excluding carboxylic acids is 4. The number of hydrogen-bond donors (Lipinski definition) is 6. The molecule has 2 aromatic rings. The highest BCUT2D eigenvalue weighted by molar-refractivity contribution is 6.31. The molecule has 0 aliphatic rings. The smallest absolute Gasteiger partial charge is 0.408 e. The van der Waals surface area contributed by atoms with Gasteiger partial charge in [-0.2, -0.15) is 0 Å². The number of ether oxygens (including phenoxy) is 3. The summed E-state index contributed by atoms with van der Waals surface area (Å²) in [4.78, 5) is 46.7. The molecule has 0 saturated heterocycles. The molecule has 3 amide bonds. The average Bonchev–Trinajstić information content (AvgIpc) is 2.83. The molecule has 0 aliphatic carbocycles. The van der Waals surface area contributed by atoms with Crippen LogP contribution in [0.4, 0.5) is 9.59 Å². The first-order chi connectivity index (χ1) is 19.7. The van der Waals surface area contributed by atoms with E-state index < -0.39 is 47.3 Å². The molecular formula is C29H42Cl2N4O9. The van der Waals surface area contributed by atoms with Crippen LogP contribution in [0.15, 0.2) is 36.4 Å². The number of phenols is 2. The number of primary amides is 1. The monoisotopic (exact) mass is 660 g/mol. The van der Waals surface area contributed by atoms with E-state index in [0.717, 1.165) is 0 Å². The first-order valence-corrected chi connectivity index (χ1v) is 13.8. The molecule has 2 atom stereocenters. The molecule has 0 unspecified atom stereocenters. The van der Waals surface area contributed by atoms with Crippen LogP contribution in [0.3, 0.4) is 0 Å². The fourth-order valence-electron chi connectivity index (χ4n) is 3.30. The van der Waals surface area contributed by atoms with E-state index in [1.54, 1.807) is 53.7 Å². The molecule has 13 nitrogen and oxygen atoms in total. The predicted molar refractivity (Wildman–Crippen MR) is 166 cm³/mol. The Labute approximate surface area is 266 Å². The Kier molecular flexibility index (Phi) is 15.8. The average molecular weight is 662 g/mol. The third-order valence-electron chi connectivity index (χ3n) is 5.13. The normalized spacial score (nSPS) is 12.2. The maximum Gasteiger partial charge on any atom is 0.408 e. The number of hydrogen-bond acceptors (Lipinski definition) is 10. The molecule has 0 radical (unpaired) electrons. The van der Waals surface area contributed by atoms with Crippen LogP contribution in [0, 0.1) is 0 Å². The summed E-state index contributed by atoms with van der Waals surface area (Å²) in [5, 5.41) is 24.1. The standard InChI is InChI=1S/C15H20ClNO5.C14H19ClN2O4.H3N/c1-15(2,3)22-14(20)17-12(13(19)21-4)7-9-5-6-10(18)8-11(9)16;1-14(2,3)21-13(20)17-11(12(16)19)6-8-4-5-9(18)7-10(8)15;/h5-6,8,12,18H,7H2,1-4H3,(H,17,20);4-5,7,11,18H,6H2,1-3H3,(H2,16,19)(H,17,20);1H3/t12-;11-;/m00./s1. The van der Waals surface area contributed by atoms with Gasteiger partial charge in [0, 0.05) is 22.9 Å². The Morgan fingerprint density at radius 1 is 0.773 bits per heavy atom. The van der Waals surface area contributed by atoms with Gasteiger partial charge in [-0.05, 0) is 76.9 Å². The van der Waals surface area contributed by atoms with E-state index in [0.29, 0.717) is 16.1 Å². The van der Waals surface area contributed by atoms with Crippen molar-refractivity contribution in [2.24, 2.45) is 5.73 Å². The second-order valence-corrected chi connectivity index (χ2v) is 12.1. The van der Waals surface area contributed by atoms with Crippen molar-refractivity contribution in [1.29, 1.82) is 0 Å². The zero-order valence-corrected chi connectivity index (χ0v) is 27.3. The molecule has 44 heavy (non-hydrogen) atoms. The maximum atomic E-state index is 11.8. The summed E-state index contributed by atoms with van der Waals surface area (Å²) in [6.07, 6.45) is -1.24. The highest BCUT2D eigenvalue weighted by atomic mass is 35.5. The van der Waals surface area contributed by atoms with E-state index in [9.17, 15) is 29.4 Å². The van der Waals surface area contributed by atoms with Gasteiger partial charge in [0.1, 0.15) is 34.8 Å². The first kappa shape index (κ1) is 40.1. The van der Waals surface area contributed by atoms with E-state index in [-0.39, 0.29) is 35.5 Å². The van der Waals surface area contributed by atoms with Crippen LogP contribution in [-0.4, -0.2) is 64.7 Å². The van der Waals surface area contributed by atoms with Crippen LogP contribution in [0.5, 0.6) is 11.5 Å². The molecule has 0 fully saturated rings. The number of methoxy groups -OCH3 is 1. The number of nitrogens with two attached hydrogens (primary N) is 1. The van der Waals surface area contributed by atoms with Crippen molar-refractivity contribution in [2.75, 3.05) is 7.11 Å². The highest BCUT2D eigenvalue weighted by Crippen LogP contribution is 2.24. The van der Waals surface area contributed by atoms with E-state index >= 15 is 0 Å². The fourth-order valence-corrected chi connectivity index (χ4v) is 3.81. The second kappa shape index (κ2) is 17.4. The van der Waals surface area contributed by atoms with Gasteiger partial charge in [-0.1, -0.05) is 35.3 Å². The minimum atomic E-state index is -0.957. The number of carbonyl (C=O) groups is 4. The van der Waals surface area contributed by atoms with Crippen LogP contribution < -0.4 is 22.5 Å². The quantitative estimate of drug-likeness (QED) is 0.168. The molecule has 0 heterocycles. The highest BCUT2D eigenvalue weighted by Gasteiger charge is 2.26. The van der Waals surface area contributed by atoms with Crippen molar-refractivity contribution in [2.45, 2.75) is 77.7 Å². The molecular weight excluding hydrogens is 619 g/mol. The van der Waals surface area contributed by atoms with Crippen molar-refractivity contribution in [1.82, 2.24) is 16.8 Å². The topological polar surface area (TPSA) is 222 Å². The molecule has 0 bridgehead atoms. The van der Waals surface area contributed by atoms with E-state index in [2.05, 4.69) is 15.4 Å². The van der Waals surface area contributed by atoms with Gasteiger partial charge in [0.05, 0.1) is 7.11 Å². The summed E-state index contributed by atoms with van der Waals surface area (Å²) in [6.45, 7) is 10.3. The number of aromatic hydroxyl groups is 2. The largest absolute Gasteiger partial charge is 0.508 e. The number of halogens is 2. The summed E-state index contributed by atoms with van der Waals surface area (Å²) in [5.74, 6) is -1.29. The second-order valence-electron chi connectivity index (χ2n) is 11.3. The Balaban J connectivity index is 0.000000823. The Hall–Kier alpha value is -3.94. The summed E-state index contributed by atoms with van der Waals surface area (Å²) < 4.78 is 14.9. The number of benzene rings is 2. The minimum Gasteiger partial charge on any atom is -0.508 e. The van der Waals surface area contributed by atoms with Gasteiger partial charge in [0.15, 0.2) is 0 Å². The Morgan fingerprint density at radius 2 is 1.14 bits per heavy atom. The lowest BCUT2D eigenvalue weighted by Crippen LogP contribution is -2.47. The van der Waals surface area contributed by atoms with Crippen LogP contribution in [0.2, 0.25) is 10.0 Å². The van der Waals surface area contributed by atoms with Gasteiger partial charge in [-0.15, -0.1) is 0 Å². The van der Waals surface area contributed by atoms with E-state index in [1.807, 2.05) is 0 Å². The molecule has 2 aromatic carbocycles. The van der Waals surface area contributed by atoms with E-state index in [4.69, 9.17) is 38.4 Å². The number of esters is 1. The summed E-state index contributed by atoms with van der Waals surface area (Å²) in [5.41, 5.74) is 5.08. The van der Waals surface area contributed by atoms with Gasteiger partial charge in [0.2, 0.25) is 5.91 Å². The summed E-state index contributed by atoms with van der Waals surface area (Å²) >= 11 is 12.0. The van der Waals surface area contributed by atoms with Crippen LogP contribution in [0.25, 0.3) is 0 Å². The van der Waals surface area contributed by atoms with Crippen LogP contribution in [0.1, 0.15) is 52.7 Å². The fraction of sp³-hybridized carbons (Fsp3) is 0.448. The molecule has 0 spiro atoms. The van der Waals surface area contributed by atoms with Gasteiger partial charge < -0.3 is 46.9 Å². The molecule has 0 aromatic heterocycles. The lowest BCUT2D eigenvalue weighted by molar-refractivity contribution is -0.143. The van der Waals surface area contributed by atoms with Gasteiger partial charge in [-0.3, -0.25) is 4.79 Å². The zero-order valence-electron chi connectivity index (χ0n) is 25.8. The summed E-state index contributed by atoms with van der Waals surface area (Å²) in [6, 6.07) is 6.83. The third kappa shape index (κ3) is 15.5. The van der Waals surface area contributed by atoms with Crippen molar-refractivity contribution in [3.8, 4) is 11.5 Å². The molecule has 0 saturated carbocycles. The van der Waals surface area contributed by atoms with Gasteiger partial charge in [0.25, 0.3) is 0 Å². The number of amides is 3. The molecule has 15 heteroatoms. The Bertz CT molecular complexity index is 1290. The first-order valence-electron chi connectivity index (χ1n) is 13.0. The Morgan fingerprint density at radius 3 is 1.45 bits per heavy atom. The van der Waals surface area contributed by atoms with Crippen molar-refractivity contribution in [3.63, 3.8) is 0 Å². The van der Waals surface area contributed by atoms with E-state index in [1.165, 1.54) is 31.4 Å². The lowest BCUT2D eigenvalue weighted by atomic mass is 10.1. The molecule has 9 N–H and O–H groups in total. The zero-order chi connectivity index (χ0) is 33.1. The number of nitrogens with one attached hydrogen (secondary N) is 2. The minimum absolute atomic E-state index is 0. The van der Waals surface area contributed by atoms with Crippen LogP contribution in [-0.2, 0) is 36.6 Å². The predicted octanol–water partition coefficient (Wildman–Crippen LogP) is 4.78. The van der Waals surface area contributed by atoms with Crippen molar-refractivity contribution >= 4 is 47.3 Å². The number of alkyl carbamates (subject to hydrolysis) is 2. The van der Waals surface area contributed by atoms with Crippen molar-refractivity contribution < 1.29 is 43.6 Å². The molecule has 0 aliphatic heterocycles. The van der Waals surface area contributed by atoms with Crippen molar-refractivity contribution in [3.05, 3.63) is 57.6 Å². The van der Waals surface area contributed by atoms with Gasteiger partial charge in [-0.25, -0.2) is 14.4 Å². The third-order valence-corrected chi connectivity index (χ3v) is 5.84.